The SMILES string of the molecule is Cc1ccc2c(c1C)NC(C1CC1)CC2. The molecule has 1 aliphatic heterocycles. The minimum absolute atomic E-state index is 0.762. The van der Waals surface area contributed by atoms with Crippen molar-refractivity contribution >= 4 is 5.69 Å². The van der Waals surface area contributed by atoms with Gasteiger partial charge in [-0.25, -0.2) is 0 Å². The zero-order valence-corrected chi connectivity index (χ0v) is 9.64. The largest absolute Gasteiger partial charge is 0.382 e. The fourth-order valence-electron chi connectivity index (χ4n) is 2.70. The average molecular weight is 201 g/mol. The number of hydrogen-bond acceptors (Lipinski definition) is 1. The van der Waals surface area contributed by atoms with Crippen LogP contribution < -0.4 is 5.32 Å². The Morgan fingerprint density at radius 3 is 2.67 bits per heavy atom. The summed E-state index contributed by atoms with van der Waals surface area (Å²) < 4.78 is 0. The number of nitrogens with one attached hydrogen (secondary N) is 1. The molecule has 0 amide bonds. The smallest absolute Gasteiger partial charge is 0.0407 e. The van der Waals surface area contributed by atoms with Crippen LogP contribution in [0.3, 0.4) is 0 Å². The van der Waals surface area contributed by atoms with Gasteiger partial charge in [-0.2, -0.15) is 0 Å². The van der Waals surface area contributed by atoms with E-state index in [4.69, 9.17) is 0 Å². The summed E-state index contributed by atoms with van der Waals surface area (Å²) in [5, 5.41) is 3.77. The van der Waals surface area contributed by atoms with Crippen molar-refractivity contribution in [3.05, 3.63) is 28.8 Å². The molecule has 1 unspecified atom stereocenters. The van der Waals surface area contributed by atoms with Gasteiger partial charge in [0.05, 0.1) is 0 Å². The molecule has 1 N–H and O–H groups in total. The number of rotatable bonds is 1. The van der Waals surface area contributed by atoms with Crippen molar-refractivity contribution in [3.8, 4) is 0 Å². The van der Waals surface area contributed by atoms with Gasteiger partial charge in [0.1, 0.15) is 0 Å². The fraction of sp³-hybridized carbons (Fsp3) is 0.571. The molecular weight excluding hydrogens is 182 g/mol. The summed E-state index contributed by atoms with van der Waals surface area (Å²) in [6, 6.07) is 5.32. The van der Waals surface area contributed by atoms with E-state index in [9.17, 15) is 0 Å². The van der Waals surface area contributed by atoms with E-state index < -0.39 is 0 Å². The zero-order chi connectivity index (χ0) is 10.4. The molecule has 1 heteroatoms. The standard InChI is InChI=1S/C14H19N/c1-9-3-4-12-7-8-13(11-5-6-11)15-14(12)10(9)2/h3-4,11,13,15H,5-8H2,1-2H3. The molecule has 3 rings (SSSR count). The lowest BCUT2D eigenvalue weighted by Gasteiger charge is -2.29. The summed E-state index contributed by atoms with van der Waals surface area (Å²) >= 11 is 0. The molecule has 2 aliphatic rings. The highest BCUT2D eigenvalue weighted by molar-refractivity contribution is 5.62. The Morgan fingerprint density at radius 2 is 1.93 bits per heavy atom. The predicted octanol–water partition coefficient (Wildman–Crippen LogP) is 3.44. The molecule has 0 bridgehead atoms. The molecule has 15 heavy (non-hydrogen) atoms. The van der Waals surface area contributed by atoms with Crippen LogP contribution in [0.15, 0.2) is 12.1 Å². The summed E-state index contributed by atoms with van der Waals surface area (Å²) in [5.41, 5.74) is 5.84. The van der Waals surface area contributed by atoms with Crippen LogP contribution in [0, 0.1) is 19.8 Å². The Hall–Kier alpha value is -0.980. The van der Waals surface area contributed by atoms with Crippen molar-refractivity contribution in [1.82, 2.24) is 0 Å². The van der Waals surface area contributed by atoms with Gasteiger partial charge < -0.3 is 5.32 Å². The maximum atomic E-state index is 3.77. The number of aryl methyl sites for hydroxylation is 2. The van der Waals surface area contributed by atoms with Crippen LogP contribution in [0.5, 0.6) is 0 Å². The Bertz CT molecular complexity index is 391. The molecule has 0 aromatic heterocycles. The van der Waals surface area contributed by atoms with Crippen molar-refractivity contribution in [1.29, 1.82) is 0 Å². The topological polar surface area (TPSA) is 12.0 Å². The molecule has 1 heterocycles. The highest BCUT2D eigenvalue weighted by Gasteiger charge is 2.33. The Kier molecular flexibility index (Phi) is 2.01. The van der Waals surface area contributed by atoms with Gasteiger partial charge in [0.25, 0.3) is 0 Å². The van der Waals surface area contributed by atoms with Crippen LogP contribution in [0.1, 0.15) is 36.0 Å². The number of anilines is 1. The lowest BCUT2D eigenvalue weighted by Crippen LogP contribution is -2.28. The Balaban J connectivity index is 1.95. The van der Waals surface area contributed by atoms with Gasteiger partial charge in [-0.05, 0) is 62.1 Å². The highest BCUT2D eigenvalue weighted by Crippen LogP contribution is 2.40. The molecule has 1 fully saturated rings. The zero-order valence-electron chi connectivity index (χ0n) is 9.64. The van der Waals surface area contributed by atoms with Gasteiger partial charge in [-0.3, -0.25) is 0 Å². The summed E-state index contributed by atoms with van der Waals surface area (Å²) in [6.07, 6.45) is 5.49. The predicted molar refractivity (Wildman–Crippen MR) is 64.4 cm³/mol. The fourth-order valence-corrected chi connectivity index (χ4v) is 2.70. The second-order valence-electron chi connectivity index (χ2n) is 5.17. The normalized spacial score (nSPS) is 24.5. The van der Waals surface area contributed by atoms with Crippen LogP contribution in [-0.2, 0) is 6.42 Å². The molecule has 1 nitrogen and oxygen atoms in total. The molecule has 1 atom stereocenters. The second kappa shape index (κ2) is 3.26. The van der Waals surface area contributed by atoms with E-state index in [1.807, 2.05) is 0 Å². The monoisotopic (exact) mass is 201 g/mol. The molecule has 0 spiro atoms. The molecule has 1 aromatic carbocycles. The first kappa shape index (κ1) is 9.26. The number of fused-ring (bicyclic) bond motifs is 1. The highest BCUT2D eigenvalue weighted by atomic mass is 15.0. The van der Waals surface area contributed by atoms with Gasteiger partial charge >= 0.3 is 0 Å². The maximum Gasteiger partial charge on any atom is 0.0407 e. The molecule has 0 saturated heterocycles. The average Bonchev–Trinajstić information content (AvgIpc) is 3.07. The summed E-state index contributed by atoms with van der Waals surface area (Å²) in [6.45, 7) is 4.45. The third-order valence-electron chi connectivity index (χ3n) is 4.07. The molecule has 0 radical (unpaired) electrons. The summed E-state index contributed by atoms with van der Waals surface area (Å²) in [7, 11) is 0. The van der Waals surface area contributed by atoms with Gasteiger partial charge in [0.15, 0.2) is 0 Å². The van der Waals surface area contributed by atoms with Gasteiger partial charge in [0, 0.05) is 11.7 Å². The van der Waals surface area contributed by atoms with Crippen LogP contribution in [0.2, 0.25) is 0 Å². The minimum atomic E-state index is 0.762. The van der Waals surface area contributed by atoms with E-state index in [0.29, 0.717) is 0 Å². The van der Waals surface area contributed by atoms with Crippen LogP contribution in [0.4, 0.5) is 5.69 Å². The van der Waals surface area contributed by atoms with E-state index in [2.05, 4.69) is 31.3 Å². The van der Waals surface area contributed by atoms with Crippen molar-refractivity contribution in [3.63, 3.8) is 0 Å². The summed E-state index contributed by atoms with van der Waals surface area (Å²) in [4.78, 5) is 0. The first-order chi connectivity index (χ1) is 7.25. The van der Waals surface area contributed by atoms with Crippen molar-refractivity contribution in [2.75, 3.05) is 5.32 Å². The van der Waals surface area contributed by atoms with Gasteiger partial charge in [-0.15, -0.1) is 0 Å². The minimum Gasteiger partial charge on any atom is -0.382 e. The third kappa shape index (κ3) is 1.54. The van der Waals surface area contributed by atoms with Crippen molar-refractivity contribution < 1.29 is 0 Å². The van der Waals surface area contributed by atoms with Crippen molar-refractivity contribution in [2.24, 2.45) is 5.92 Å². The third-order valence-corrected chi connectivity index (χ3v) is 4.07. The molecule has 1 aliphatic carbocycles. The second-order valence-corrected chi connectivity index (χ2v) is 5.17. The first-order valence-electron chi connectivity index (χ1n) is 6.11. The molecule has 1 aromatic rings. The number of benzene rings is 1. The quantitative estimate of drug-likeness (QED) is 0.734. The van der Waals surface area contributed by atoms with Gasteiger partial charge in [0.2, 0.25) is 0 Å². The van der Waals surface area contributed by atoms with E-state index in [1.165, 1.54) is 48.1 Å². The summed E-state index contributed by atoms with van der Waals surface area (Å²) in [5.74, 6) is 0.970. The lowest BCUT2D eigenvalue weighted by molar-refractivity contribution is 0.569. The van der Waals surface area contributed by atoms with Crippen LogP contribution in [0.25, 0.3) is 0 Å². The molecule has 80 valence electrons. The Labute approximate surface area is 91.9 Å². The van der Waals surface area contributed by atoms with E-state index in [-0.39, 0.29) is 0 Å². The van der Waals surface area contributed by atoms with Crippen molar-refractivity contribution in [2.45, 2.75) is 45.6 Å². The van der Waals surface area contributed by atoms with E-state index in [1.54, 1.807) is 0 Å². The van der Waals surface area contributed by atoms with Gasteiger partial charge in [-0.1, -0.05) is 12.1 Å². The first-order valence-corrected chi connectivity index (χ1v) is 6.11. The maximum absolute atomic E-state index is 3.77. The van der Waals surface area contributed by atoms with E-state index in [0.717, 1.165) is 12.0 Å². The number of hydrogen-bond donors (Lipinski definition) is 1. The molecular formula is C14H19N. The van der Waals surface area contributed by atoms with Crippen LogP contribution in [-0.4, -0.2) is 6.04 Å². The van der Waals surface area contributed by atoms with Crippen LogP contribution >= 0.6 is 0 Å². The molecule has 1 saturated carbocycles. The lowest BCUT2D eigenvalue weighted by atomic mass is 9.92. The van der Waals surface area contributed by atoms with E-state index >= 15 is 0 Å². The Morgan fingerprint density at radius 1 is 1.13 bits per heavy atom.